The van der Waals surface area contributed by atoms with Crippen molar-refractivity contribution in [2.24, 2.45) is 14.1 Å². The van der Waals surface area contributed by atoms with Gasteiger partial charge in [0.1, 0.15) is 11.9 Å². The third-order valence-corrected chi connectivity index (χ3v) is 4.25. The number of anilines is 1. The molecule has 0 radical (unpaired) electrons. The van der Waals surface area contributed by atoms with E-state index in [0.717, 1.165) is 11.0 Å². The minimum atomic E-state index is -0.567. The van der Waals surface area contributed by atoms with Crippen LogP contribution >= 0.6 is 0 Å². The molecule has 1 aliphatic rings. The predicted octanol–water partition coefficient (Wildman–Crippen LogP) is 0.707. The first-order valence-corrected chi connectivity index (χ1v) is 7.06. The average molecular weight is 296 g/mol. The molecule has 112 valence electrons. The molecule has 1 N–H and O–H groups in total. The standard InChI is InChI=1S/C16H16N4O2/c1-19-14(13(8-17)15(21)20(2)16(19)22)18-9-11-7-10-5-3-4-6-12(10)11/h3-6,11,18H,7,9H2,1-2H3/t11-/m1/s1. The Morgan fingerprint density at radius 1 is 1.27 bits per heavy atom. The molecule has 0 aliphatic heterocycles. The summed E-state index contributed by atoms with van der Waals surface area (Å²) in [6.07, 6.45) is 0.962. The first kappa shape index (κ1) is 14.1. The van der Waals surface area contributed by atoms with E-state index in [1.807, 2.05) is 18.2 Å². The van der Waals surface area contributed by atoms with Gasteiger partial charge in [-0.1, -0.05) is 24.3 Å². The van der Waals surface area contributed by atoms with Crippen molar-refractivity contribution < 1.29 is 0 Å². The van der Waals surface area contributed by atoms with Crippen molar-refractivity contribution in [2.45, 2.75) is 12.3 Å². The van der Waals surface area contributed by atoms with Crippen molar-refractivity contribution in [2.75, 3.05) is 11.9 Å². The third kappa shape index (κ3) is 2.02. The van der Waals surface area contributed by atoms with Crippen LogP contribution in [0.3, 0.4) is 0 Å². The second-order valence-electron chi connectivity index (χ2n) is 5.52. The quantitative estimate of drug-likeness (QED) is 0.904. The first-order valence-electron chi connectivity index (χ1n) is 7.06. The summed E-state index contributed by atoms with van der Waals surface area (Å²) in [6, 6.07) is 10.1. The molecule has 3 rings (SSSR count). The maximum atomic E-state index is 12.0. The number of nitrogens with zero attached hydrogens (tertiary/aromatic N) is 3. The molecule has 0 saturated heterocycles. The van der Waals surface area contributed by atoms with E-state index in [1.165, 1.54) is 22.7 Å². The number of nitrogens with one attached hydrogen (secondary N) is 1. The highest BCUT2D eigenvalue weighted by molar-refractivity contribution is 5.52. The Labute approximate surface area is 127 Å². The highest BCUT2D eigenvalue weighted by atomic mass is 16.2. The summed E-state index contributed by atoms with van der Waals surface area (Å²) in [5.74, 6) is 0.627. The Morgan fingerprint density at radius 2 is 2.00 bits per heavy atom. The maximum Gasteiger partial charge on any atom is 0.332 e. The second kappa shape index (κ2) is 5.19. The lowest BCUT2D eigenvalue weighted by molar-refractivity contribution is 0.625. The summed E-state index contributed by atoms with van der Waals surface area (Å²) in [6.45, 7) is 0.589. The van der Waals surface area contributed by atoms with E-state index >= 15 is 0 Å². The van der Waals surface area contributed by atoms with Crippen LogP contribution in [0.1, 0.15) is 22.6 Å². The van der Waals surface area contributed by atoms with Gasteiger partial charge in [0, 0.05) is 26.6 Å². The average Bonchev–Trinajstić information content (AvgIpc) is 2.51. The molecule has 6 heteroatoms. The molecule has 6 nitrogen and oxygen atoms in total. The molecular formula is C16H16N4O2. The van der Waals surface area contributed by atoms with Crippen LogP contribution in [0.25, 0.3) is 0 Å². The molecule has 2 aromatic rings. The Morgan fingerprint density at radius 3 is 2.68 bits per heavy atom. The van der Waals surface area contributed by atoms with Crippen LogP contribution in [0.4, 0.5) is 5.82 Å². The molecule has 1 heterocycles. The predicted molar refractivity (Wildman–Crippen MR) is 83.0 cm³/mol. The lowest BCUT2D eigenvalue weighted by Gasteiger charge is -2.30. The van der Waals surface area contributed by atoms with E-state index in [4.69, 9.17) is 0 Å². The lowest BCUT2D eigenvalue weighted by atomic mass is 9.77. The SMILES string of the molecule is Cn1c(NC[C@H]2Cc3ccccc32)c(C#N)c(=O)n(C)c1=O. The fraction of sp³-hybridized carbons (Fsp3) is 0.312. The van der Waals surface area contributed by atoms with Crippen molar-refractivity contribution in [1.29, 1.82) is 5.26 Å². The highest BCUT2D eigenvalue weighted by Gasteiger charge is 2.26. The van der Waals surface area contributed by atoms with Crippen LogP contribution in [-0.4, -0.2) is 15.7 Å². The smallest absolute Gasteiger partial charge is 0.332 e. The second-order valence-corrected chi connectivity index (χ2v) is 5.52. The van der Waals surface area contributed by atoms with E-state index < -0.39 is 11.2 Å². The van der Waals surface area contributed by atoms with E-state index in [1.54, 1.807) is 7.05 Å². The molecule has 1 aromatic heterocycles. The number of hydrogen-bond acceptors (Lipinski definition) is 4. The molecule has 0 fully saturated rings. The van der Waals surface area contributed by atoms with Gasteiger partial charge in [0.15, 0.2) is 5.56 Å². The first-order chi connectivity index (χ1) is 10.5. The van der Waals surface area contributed by atoms with Gasteiger partial charge in [-0.05, 0) is 17.5 Å². The summed E-state index contributed by atoms with van der Waals surface area (Å²) in [5, 5.41) is 12.3. The summed E-state index contributed by atoms with van der Waals surface area (Å²) < 4.78 is 2.26. The molecule has 0 bridgehead atoms. The highest BCUT2D eigenvalue weighted by Crippen LogP contribution is 2.34. The van der Waals surface area contributed by atoms with Crippen LogP contribution in [0.2, 0.25) is 0 Å². The minimum absolute atomic E-state index is 0.0304. The summed E-state index contributed by atoms with van der Waals surface area (Å²) >= 11 is 0. The van der Waals surface area contributed by atoms with Crippen LogP contribution in [0.5, 0.6) is 0 Å². The zero-order valence-electron chi connectivity index (χ0n) is 12.5. The normalized spacial score (nSPS) is 15.6. The lowest BCUT2D eigenvalue weighted by Crippen LogP contribution is -2.40. The van der Waals surface area contributed by atoms with Crippen LogP contribution in [-0.2, 0) is 20.5 Å². The number of nitriles is 1. The van der Waals surface area contributed by atoms with Crippen molar-refractivity contribution >= 4 is 5.82 Å². The van der Waals surface area contributed by atoms with Gasteiger partial charge in [-0.2, -0.15) is 5.26 Å². The summed E-state index contributed by atoms with van der Waals surface area (Å²) in [5.41, 5.74) is 1.56. The van der Waals surface area contributed by atoms with Crippen LogP contribution < -0.4 is 16.6 Å². The fourth-order valence-electron chi connectivity index (χ4n) is 2.92. The monoisotopic (exact) mass is 296 g/mol. The number of hydrogen-bond donors (Lipinski definition) is 1. The maximum absolute atomic E-state index is 12.0. The minimum Gasteiger partial charge on any atom is -0.369 e. The topological polar surface area (TPSA) is 79.8 Å². The van der Waals surface area contributed by atoms with Crippen molar-refractivity contribution in [3.63, 3.8) is 0 Å². The van der Waals surface area contributed by atoms with Gasteiger partial charge in [0.2, 0.25) is 0 Å². The molecule has 0 amide bonds. The number of benzene rings is 1. The van der Waals surface area contributed by atoms with E-state index in [0.29, 0.717) is 18.3 Å². The zero-order chi connectivity index (χ0) is 15.9. The molecular weight excluding hydrogens is 280 g/mol. The summed E-state index contributed by atoms with van der Waals surface area (Å²) in [7, 11) is 2.93. The van der Waals surface area contributed by atoms with Gasteiger partial charge in [-0.3, -0.25) is 13.9 Å². The largest absolute Gasteiger partial charge is 0.369 e. The zero-order valence-corrected chi connectivity index (χ0v) is 12.5. The Balaban J connectivity index is 1.90. The molecule has 1 aromatic carbocycles. The number of rotatable bonds is 3. The van der Waals surface area contributed by atoms with Gasteiger partial charge in [0.05, 0.1) is 0 Å². The van der Waals surface area contributed by atoms with Crippen LogP contribution in [0.15, 0.2) is 33.9 Å². The third-order valence-electron chi connectivity index (χ3n) is 4.25. The van der Waals surface area contributed by atoms with Gasteiger partial charge in [-0.25, -0.2) is 4.79 Å². The van der Waals surface area contributed by atoms with E-state index in [9.17, 15) is 14.9 Å². The van der Waals surface area contributed by atoms with Gasteiger partial charge < -0.3 is 5.32 Å². The number of fused-ring (bicyclic) bond motifs is 1. The van der Waals surface area contributed by atoms with Crippen LogP contribution in [0, 0.1) is 11.3 Å². The van der Waals surface area contributed by atoms with Gasteiger partial charge in [-0.15, -0.1) is 0 Å². The van der Waals surface area contributed by atoms with Crippen molar-refractivity contribution in [3.8, 4) is 6.07 Å². The Hall–Kier alpha value is -2.81. The molecule has 22 heavy (non-hydrogen) atoms. The van der Waals surface area contributed by atoms with Crippen molar-refractivity contribution in [3.05, 3.63) is 61.8 Å². The molecule has 1 atom stereocenters. The molecule has 0 saturated carbocycles. The fourth-order valence-corrected chi connectivity index (χ4v) is 2.92. The molecule has 0 unspecified atom stereocenters. The summed E-state index contributed by atoms with van der Waals surface area (Å²) in [4.78, 5) is 24.0. The van der Waals surface area contributed by atoms with Gasteiger partial charge in [0.25, 0.3) is 5.56 Å². The van der Waals surface area contributed by atoms with E-state index in [2.05, 4.69) is 17.4 Å². The van der Waals surface area contributed by atoms with Crippen molar-refractivity contribution in [1.82, 2.24) is 9.13 Å². The molecule has 0 spiro atoms. The molecule has 1 aliphatic carbocycles. The number of aromatic nitrogens is 2. The Bertz CT molecular complexity index is 902. The van der Waals surface area contributed by atoms with Gasteiger partial charge >= 0.3 is 5.69 Å². The van der Waals surface area contributed by atoms with E-state index in [-0.39, 0.29) is 5.56 Å². The Kier molecular flexibility index (Phi) is 3.33.